The van der Waals surface area contributed by atoms with E-state index in [1.165, 1.54) is 12.8 Å². The predicted molar refractivity (Wildman–Crippen MR) is 143 cm³/mol. The molecule has 7 nitrogen and oxygen atoms in total. The zero-order valence-corrected chi connectivity index (χ0v) is 22.7. The Morgan fingerprint density at radius 1 is 1.19 bits per heavy atom. The zero-order valence-electron chi connectivity index (χ0n) is 20.4. The van der Waals surface area contributed by atoms with E-state index in [0.29, 0.717) is 12.0 Å². The Labute approximate surface area is 211 Å². The van der Waals surface area contributed by atoms with Crippen LogP contribution < -0.4 is 10.6 Å². The number of nitrogens with zero attached hydrogens (tertiary/aromatic N) is 3. The number of nitrogens with one attached hydrogen (secondary N) is 2. The Morgan fingerprint density at radius 3 is 2.47 bits per heavy atom. The molecule has 1 atom stereocenters. The van der Waals surface area contributed by atoms with Crippen molar-refractivity contribution in [3.63, 3.8) is 0 Å². The lowest BCUT2D eigenvalue weighted by Gasteiger charge is -2.39. The van der Waals surface area contributed by atoms with E-state index >= 15 is 0 Å². The average molecular weight is 560 g/mol. The number of benzene rings is 1. The normalized spacial score (nSPS) is 15.8. The van der Waals surface area contributed by atoms with Crippen molar-refractivity contribution in [1.29, 1.82) is 0 Å². The molecule has 8 heteroatoms. The first-order valence-corrected chi connectivity index (χ1v) is 11.6. The molecule has 0 radical (unpaired) electrons. The van der Waals surface area contributed by atoms with Crippen molar-refractivity contribution in [2.45, 2.75) is 39.2 Å². The maximum absolute atomic E-state index is 12.2. The number of guanidine groups is 1. The van der Waals surface area contributed by atoms with Crippen LogP contribution in [-0.2, 0) is 11.2 Å². The topological polar surface area (TPSA) is 69.2 Å². The second-order valence-electron chi connectivity index (χ2n) is 8.32. The van der Waals surface area contributed by atoms with Crippen molar-refractivity contribution in [2.75, 3.05) is 60.5 Å². The number of hydrogen-bond acceptors (Lipinski definition) is 4. The molecule has 2 rings (SSSR count). The van der Waals surface area contributed by atoms with E-state index < -0.39 is 0 Å². The Morgan fingerprint density at radius 2 is 1.88 bits per heavy atom. The van der Waals surface area contributed by atoms with Gasteiger partial charge in [0.1, 0.15) is 0 Å². The number of carbonyl (C=O) groups is 1. The SMILES string of the molecule is CCC(CC)C(CNC(=NC)NCCc1cccc(C(=O)N(C)C)c1)N1CCOCC1.I. The van der Waals surface area contributed by atoms with Gasteiger partial charge in [0.05, 0.1) is 13.2 Å². The average Bonchev–Trinajstić information content (AvgIpc) is 2.80. The van der Waals surface area contributed by atoms with Gasteiger partial charge in [-0.15, -0.1) is 24.0 Å². The molecule has 2 N–H and O–H groups in total. The quantitative estimate of drug-likeness (QED) is 0.262. The highest BCUT2D eigenvalue weighted by molar-refractivity contribution is 14.0. The lowest BCUT2D eigenvalue weighted by molar-refractivity contribution is 0.00272. The third-order valence-electron chi connectivity index (χ3n) is 6.10. The molecule has 1 fully saturated rings. The van der Waals surface area contributed by atoms with E-state index in [2.05, 4.69) is 40.4 Å². The third-order valence-corrected chi connectivity index (χ3v) is 6.10. The van der Waals surface area contributed by atoms with Gasteiger partial charge in [-0.25, -0.2) is 0 Å². The van der Waals surface area contributed by atoms with Gasteiger partial charge in [-0.2, -0.15) is 0 Å². The first-order valence-electron chi connectivity index (χ1n) is 11.6. The van der Waals surface area contributed by atoms with E-state index in [-0.39, 0.29) is 29.9 Å². The van der Waals surface area contributed by atoms with Crippen LogP contribution in [0.15, 0.2) is 29.3 Å². The molecule has 1 aliphatic heterocycles. The summed E-state index contributed by atoms with van der Waals surface area (Å²) in [5.41, 5.74) is 1.86. The third kappa shape index (κ3) is 8.86. The van der Waals surface area contributed by atoms with E-state index in [4.69, 9.17) is 4.74 Å². The van der Waals surface area contributed by atoms with Gasteiger partial charge in [-0.3, -0.25) is 14.7 Å². The maximum Gasteiger partial charge on any atom is 0.253 e. The second kappa shape index (κ2) is 15.4. The molecule has 1 saturated heterocycles. The maximum atomic E-state index is 12.2. The molecule has 1 aromatic rings. The molecule has 1 aromatic carbocycles. The number of aliphatic imine (C=N–C) groups is 1. The van der Waals surface area contributed by atoms with Crippen LogP contribution >= 0.6 is 24.0 Å². The Kier molecular flexibility index (Phi) is 13.8. The van der Waals surface area contributed by atoms with Gasteiger partial charge in [-0.1, -0.05) is 38.8 Å². The fourth-order valence-corrected chi connectivity index (χ4v) is 4.20. The first kappa shape index (κ1) is 28.6. The lowest BCUT2D eigenvalue weighted by atomic mass is 9.92. The highest BCUT2D eigenvalue weighted by Gasteiger charge is 2.27. The van der Waals surface area contributed by atoms with Crippen LogP contribution in [0.25, 0.3) is 0 Å². The van der Waals surface area contributed by atoms with E-state index in [1.54, 1.807) is 19.0 Å². The van der Waals surface area contributed by atoms with Gasteiger partial charge in [0.2, 0.25) is 0 Å². The minimum Gasteiger partial charge on any atom is -0.379 e. The number of halogens is 1. The van der Waals surface area contributed by atoms with Crippen molar-refractivity contribution < 1.29 is 9.53 Å². The Bertz CT molecular complexity index is 703. The summed E-state index contributed by atoms with van der Waals surface area (Å²) >= 11 is 0. The van der Waals surface area contributed by atoms with Crippen molar-refractivity contribution >= 4 is 35.8 Å². The summed E-state index contributed by atoms with van der Waals surface area (Å²) in [6.07, 6.45) is 3.18. The zero-order chi connectivity index (χ0) is 22.6. The van der Waals surface area contributed by atoms with E-state index in [0.717, 1.165) is 62.9 Å². The smallest absolute Gasteiger partial charge is 0.253 e. The molecule has 0 saturated carbocycles. The Balaban J connectivity index is 0.00000512. The fraction of sp³-hybridized carbons (Fsp3) is 0.667. The van der Waals surface area contributed by atoms with E-state index in [9.17, 15) is 4.79 Å². The first-order chi connectivity index (χ1) is 15.0. The number of carbonyl (C=O) groups excluding carboxylic acids is 1. The van der Waals surface area contributed by atoms with Crippen LogP contribution in [0.3, 0.4) is 0 Å². The lowest BCUT2D eigenvalue weighted by Crippen LogP contribution is -2.53. The molecule has 0 aromatic heterocycles. The monoisotopic (exact) mass is 559 g/mol. The van der Waals surface area contributed by atoms with Crippen LogP contribution in [0, 0.1) is 5.92 Å². The molecule has 0 spiro atoms. The minimum absolute atomic E-state index is 0. The molecule has 1 amide bonds. The molecule has 1 heterocycles. The second-order valence-corrected chi connectivity index (χ2v) is 8.32. The largest absolute Gasteiger partial charge is 0.379 e. The summed E-state index contributed by atoms with van der Waals surface area (Å²) in [6, 6.07) is 8.32. The number of morpholine rings is 1. The summed E-state index contributed by atoms with van der Waals surface area (Å²) in [6.45, 7) is 9.82. The predicted octanol–water partition coefficient (Wildman–Crippen LogP) is 2.85. The summed E-state index contributed by atoms with van der Waals surface area (Å²) < 4.78 is 5.55. The van der Waals surface area contributed by atoms with Gasteiger partial charge >= 0.3 is 0 Å². The molecule has 1 aliphatic rings. The number of rotatable bonds is 10. The van der Waals surface area contributed by atoms with Gasteiger partial charge in [-0.05, 0) is 30.0 Å². The minimum atomic E-state index is 0. The number of hydrogen-bond donors (Lipinski definition) is 2. The van der Waals surface area contributed by atoms with Crippen LogP contribution in [0.5, 0.6) is 0 Å². The summed E-state index contributed by atoms with van der Waals surface area (Å²) in [7, 11) is 5.36. The standard InChI is InChI=1S/C24H41N5O2.HI/c1-6-20(7-2)22(29-13-15-31-16-14-29)18-27-24(25-3)26-12-11-19-9-8-10-21(17-19)23(30)28(4)5;/h8-10,17,20,22H,6-7,11-16,18H2,1-5H3,(H2,25,26,27);1H. The summed E-state index contributed by atoms with van der Waals surface area (Å²) in [5, 5.41) is 6.97. The molecule has 182 valence electrons. The van der Waals surface area contributed by atoms with Gasteiger partial charge in [0, 0.05) is 58.9 Å². The van der Waals surface area contributed by atoms with Crippen molar-refractivity contribution in [3.8, 4) is 0 Å². The molecule has 0 bridgehead atoms. The highest BCUT2D eigenvalue weighted by Crippen LogP contribution is 2.19. The van der Waals surface area contributed by atoms with Crippen LogP contribution in [0.4, 0.5) is 0 Å². The summed E-state index contributed by atoms with van der Waals surface area (Å²) in [5.74, 6) is 1.51. The van der Waals surface area contributed by atoms with Crippen LogP contribution in [-0.4, -0.2) is 88.2 Å². The fourth-order valence-electron chi connectivity index (χ4n) is 4.20. The number of ether oxygens (including phenoxy) is 1. The van der Waals surface area contributed by atoms with Crippen LogP contribution in [0.2, 0.25) is 0 Å². The van der Waals surface area contributed by atoms with Gasteiger partial charge in [0.15, 0.2) is 5.96 Å². The van der Waals surface area contributed by atoms with Crippen molar-refractivity contribution in [1.82, 2.24) is 20.4 Å². The van der Waals surface area contributed by atoms with Crippen molar-refractivity contribution in [3.05, 3.63) is 35.4 Å². The molecule has 0 aliphatic carbocycles. The van der Waals surface area contributed by atoms with E-state index in [1.807, 2.05) is 25.2 Å². The van der Waals surface area contributed by atoms with Gasteiger partial charge < -0.3 is 20.3 Å². The van der Waals surface area contributed by atoms with Crippen molar-refractivity contribution in [2.24, 2.45) is 10.9 Å². The highest BCUT2D eigenvalue weighted by atomic mass is 127. The Hall–Kier alpha value is -1.39. The summed E-state index contributed by atoms with van der Waals surface area (Å²) in [4.78, 5) is 20.8. The molecular formula is C24H42IN5O2. The van der Waals surface area contributed by atoms with Crippen LogP contribution in [0.1, 0.15) is 42.6 Å². The van der Waals surface area contributed by atoms with Gasteiger partial charge in [0.25, 0.3) is 5.91 Å². The number of amides is 1. The molecule has 1 unspecified atom stereocenters. The molecule has 32 heavy (non-hydrogen) atoms. The molecular weight excluding hydrogens is 517 g/mol.